The van der Waals surface area contributed by atoms with Crippen LogP contribution in [0.2, 0.25) is 0 Å². The molecule has 0 saturated heterocycles. The predicted octanol–water partition coefficient (Wildman–Crippen LogP) is 3.92. The molecular formula is C27H19F3N8O3. The van der Waals surface area contributed by atoms with E-state index in [0.29, 0.717) is 50.9 Å². The second kappa shape index (κ2) is 8.61. The quantitative estimate of drug-likeness (QED) is 0.341. The normalized spacial score (nSPS) is 18.1. The zero-order chi connectivity index (χ0) is 28.5. The molecule has 3 aromatic heterocycles. The number of fused-ring (bicyclic) bond motifs is 5. The summed E-state index contributed by atoms with van der Waals surface area (Å²) in [7, 11) is 0. The molecule has 0 aliphatic carbocycles. The van der Waals surface area contributed by atoms with Gasteiger partial charge in [0.2, 0.25) is 11.8 Å². The van der Waals surface area contributed by atoms with Gasteiger partial charge in [-0.1, -0.05) is 30.3 Å². The van der Waals surface area contributed by atoms with E-state index in [0.717, 1.165) is 0 Å². The molecule has 2 amide bonds. The van der Waals surface area contributed by atoms with Gasteiger partial charge in [0, 0.05) is 17.7 Å². The van der Waals surface area contributed by atoms with Crippen molar-refractivity contribution >= 4 is 34.5 Å². The van der Waals surface area contributed by atoms with Gasteiger partial charge >= 0.3 is 6.36 Å². The highest BCUT2D eigenvalue weighted by Crippen LogP contribution is 2.53. The van der Waals surface area contributed by atoms with Gasteiger partial charge in [0.05, 0.1) is 18.6 Å². The molecule has 14 heteroatoms. The van der Waals surface area contributed by atoms with Crippen molar-refractivity contribution in [3.63, 3.8) is 0 Å². The first-order valence-corrected chi connectivity index (χ1v) is 12.5. The minimum atomic E-state index is -4.81. The minimum Gasteiger partial charge on any atom is -0.406 e. The second-order valence-electron chi connectivity index (χ2n) is 9.75. The molecule has 5 aromatic rings. The molecule has 5 heterocycles. The van der Waals surface area contributed by atoms with Gasteiger partial charge in [0.1, 0.15) is 28.8 Å². The molecule has 2 aromatic carbocycles. The number of amides is 2. The first-order valence-electron chi connectivity index (χ1n) is 12.5. The molecule has 2 aliphatic rings. The molecule has 2 aliphatic heterocycles. The van der Waals surface area contributed by atoms with E-state index in [9.17, 15) is 22.8 Å². The Labute approximate surface area is 229 Å². The highest BCUT2D eigenvalue weighted by molar-refractivity contribution is 6.16. The van der Waals surface area contributed by atoms with Crippen LogP contribution in [0, 0.1) is 6.92 Å². The molecule has 1 atom stereocenters. The number of H-pyrrole nitrogens is 1. The third-order valence-corrected chi connectivity index (χ3v) is 7.34. The Kier molecular flexibility index (Phi) is 5.20. The number of para-hydroxylation sites is 1. The predicted molar refractivity (Wildman–Crippen MR) is 138 cm³/mol. The Morgan fingerprint density at radius 1 is 1.05 bits per heavy atom. The third kappa shape index (κ3) is 3.74. The van der Waals surface area contributed by atoms with Crippen molar-refractivity contribution in [1.29, 1.82) is 0 Å². The molecule has 2 N–H and O–H groups in total. The van der Waals surface area contributed by atoms with Crippen molar-refractivity contribution in [3.05, 3.63) is 83.6 Å². The lowest BCUT2D eigenvalue weighted by Gasteiger charge is -2.33. The van der Waals surface area contributed by atoms with E-state index in [1.54, 1.807) is 30.0 Å². The maximum absolute atomic E-state index is 14.5. The van der Waals surface area contributed by atoms with Crippen LogP contribution < -0.4 is 15.0 Å². The van der Waals surface area contributed by atoms with Gasteiger partial charge in [-0.2, -0.15) is 9.78 Å². The molecule has 0 fully saturated rings. The Hall–Kier alpha value is -5.27. The molecule has 0 radical (unpaired) electrons. The SMILES string of the molecule is Cc1nn(-c2ncnc3nc[nH]c23)c2c1[C@@]1(CC(=O)N2)C(=O)N(Cc2ccc(OC(F)(F)F)cc2)c2ccccc21. The van der Waals surface area contributed by atoms with E-state index in [-0.39, 0.29) is 30.5 Å². The van der Waals surface area contributed by atoms with E-state index >= 15 is 0 Å². The molecule has 0 saturated carbocycles. The fraction of sp³-hybridized carbons (Fsp3) is 0.185. The van der Waals surface area contributed by atoms with Gasteiger partial charge in [-0.15, -0.1) is 13.2 Å². The van der Waals surface area contributed by atoms with Crippen LogP contribution in [0.4, 0.5) is 24.7 Å². The van der Waals surface area contributed by atoms with E-state index in [1.807, 2.05) is 6.07 Å². The fourth-order valence-electron chi connectivity index (χ4n) is 5.80. The standard InChI is InChI=1S/C27H19F3N8O3/c1-14-20-23(38(36-14)24-21-22(32-12-31-21)33-13-34-24)35-19(39)10-26(20)17-4-2-3-5-18(17)37(25(26)40)11-15-6-8-16(9-7-15)41-27(28,29)30/h2-9,12-13H,10-11H2,1H3,(H,35,39)(H,31,32,33,34)/t26-/m0/s1. The number of hydrogen-bond acceptors (Lipinski definition) is 7. The summed E-state index contributed by atoms with van der Waals surface area (Å²) in [6.07, 6.45) is -2.15. The van der Waals surface area contributed by atoms with Crippen molar-refractivity contribution in [1.82, 2.24) is 29.7 Å². The zero-order valence-electron chi connectivity index (χ0n) is 21.2. The van der Waals surface area contributed by atoms with Crippen molar-refractivity contribution < 1.29 is 27.5 Å². The van der Waals surface area contributed by atoms with Gasteiger partial charge in [-0.25, -0.2) is 15.0 Å². The monoisotopic (exact) mass is 560 g/mol. The number of aromatic amines is 1. The largest absolute Gasteiger partial charge is 0.573 e. The maximum atomic E-state index is 14.5. The minimum absolute atomic E-state index is 0.0642. The fourth-order valence-corrected chi connectivity index (χ4v) is 5.80. The van der Waals surface area contributed by atoms with Gasteiger partial charge in [0.15, 0.2) is 11.5 Å². The van der Waals surface area contributed by atoms with Crippen LogP contribution in [0.1, 0.15) is 28.8 Å². The lowest BCUT2D eigenvalue weighted by Crippen LogP contribution is -2.46. The highest BCUT2D eigenvalue weighted by Gasteiger charge is 2.58. The molecule has 7 rings (SSSR count). The Morgan fingerprint density at radius 3 is 2.61 bits per heavy atom. The first-order chi connectivity index (χ1) is 19.7. The molecule has 0 bridgehead atoms. The molecule has 206 valence electrons. The van der Waals surface area contributed by atoms with E-state index in [4.69, 9.17) is 0 Å². The maximum Gasteiger partial charge on any atom is 0.573 e. The van der Waals surface area contributed by atoms with E-state index in [2.05, 4.69) is 35.1 Å². The summed E-state index contributed by atoms with van der Waals surface area (Å²) in [6.45, 7) is 1.83. The van der Waals surface area contributed by atoms with Crippen molar-refractivity contribution in [3.8, 4) is 11.6 Å². The topological polar surface area (TPSA) is 131 Å². The van der Waals surface area contributed by atoms with Crippen LogP contribution in [0.5, 0.6) is 5.75 Å². The third-order valence-electron chi connectivity index (χ3n) is 7.34. The van der Waals surface area contributed by atoms with Crippen LogP contribution in [-0.4, -0.2) is 47.9 Å². The van der Waals surface area contributed by atoms with Gasteiger partial charge in [-0.05, 0) is 36.2 Å². The van der Waals surface area contributed by atoms with Gasteiger partial charge in [0.25, 0.3) is 0 Å². The number of hydrogen-bond donors (Lipinski definition) is 2. The number of alkyl halides is 3. The molecular weight excluding hydrogens is 541 g/mol. The van der Waals surface area contributed by atoms with Gasteiger partial charge < -0.3 is 19.9 Å². The van der Waals surface area contributed by atoms with Crippen LogP contribution >= 0.6 is 0 Å². The Balaban J connectivity index is 1.34. The summed E-state index contributed by atoms with van der Waals surface area (Å²) in [4.78, 5) is 45.0. The lowest BCUT2D eigenvalue weighted by molar-refractivity contribution is -0.274. The van der Waals surface area contributed by atoms with Crippen LogP contribution in [0.15, 0.2) is 61.2 Å². The number of carbonyl (C=O) groups excluding carboxylic acids is 2. The number of nitrogens with zero attached hydrogens (tertiary/aromatic N) is 6. The number of halogens is 3. The summed E-state index contributed by atoms with van der Waals surface area (Å²) < 4.78 is 43.3. The highest BCUT2D eigenvalue weighted by atomic mass is 19.4. The average Bonchev–Trinajstić information content (AvgIpc) is 3.60. The first kappa shape index (κ1) is 24.7. The summed E-state index contributed by atoms with van der Waals surface area (Å²) in [6, 6.07) is 12.5. The zero-order valence-corrected chi connectivity index (χ0v) is 21.2. The van der Waals surface area contributed by atoms with Crippen LogP contribution in [0.3, 0.4) is 0 Å². The van der Waals surface area contributed by atoms with Crippen molar-refractivity contribution in [2.24, 2.45) is 0 Å². The van der Waals surface area contributed by atoms with Crippen LogP contribution in [0.25, 0.3) is 17.0 Å². The number of anilines is 2. The summed E-state index contributed by atoms with van der Waals surface area (Å²) in [5.74, 6) is -0.425. The van der Waals surface area contributed by atoms with Crippen molar-refractivity contribution in [2.75, 3.05) is 10.2 Å². The molecule has 1 spiro atoms. The molecule has 41 heavy (non-hydrogen) atoms. The summed E-state index contributed by atoms with van der Waals surface area (Å²) >= 11 is 0. The number of carbonyl (C=O) groups is 2. The number of nitrogens with one attached hydrogen (secondary N) is 2. The van der Waals surface area contributed by atoms with E-state index < -0.39 is 11.8 Å². The van der Waals surface area contributed by atoms with Crippen LogP contribution in [-0.2, 0) is 21.5 Å². The van der Waals surface area contributed by atoms with Gasteiger partial charge in [-0.3, -0.25) is 9.59 Å². The Bertz CT molecular complexity index is 1860. The molecule has 11 nitrogen and oxygen atoms in total. The summed E-state index contributed by atoms with van der Waals surface area (Å²) in [5, 5.41) is 7.58. The number of ether oxygens (including phenoxy) is 1. The van der Waals surface area contributed by atoms with E-state index in [1.165, 1.54) is 41.6 Å². The number of imidazole rings is 1. The lowest BCUT2D eigenvalue weighted by atomic mass is 9.70. The Morgan fingerprint density at radius 2 is 1.83 bits per heavy atom. The molecule has 0 unspecified atom stereocenters. The summed E-state index contributed by atoms with van der Waals surface area (Å²) in [5.41, 5.74) is 2.40. The average molecular weight is 560 g/mol. The number of aryl methyl sites for hydroxylation is 1. The number of rotatable bonds is 4. The number of aromatic nitrogens is 6. The van der Waals surface area contributed by atoms with Crippen molar-refractivity contribution in [2.45, 2.75) is 31.7 Å². The smallest absolute Gasteiger partial charge is 0.406 e. The number of benzene rings is 2. The second-order valence-corrected chi connectivity index (χ2v) is 9.75.